The molecule has 1 aromatic carbocycles. The Hall–Kier alpha value is -1.15. The maximum absolute atomic E-state index is 13.2. The predicted octanol–water partition coefficient (Wildman–Crippen LogP) is 3.24. The quantitative estimate of drug-likeness (QED) is 0.314. The highest BCUT2D eigenvalue weighted by Gasteiger charge is 2.04. The van der Waals surface area contributed by atoms with Crippen molar-refractivity contribution in [1.29, 1.82) is 0 Å². The van der Waals surface area contributed by atoms with Gasteiger partial charge in [0.05, 0.1) is 19.8 Å². The van der Waals surface area contributed by atoms with E-state index in [1.165, 1.54) is 17.7 Å². The van der Waals surface area contributed by atoms with Crippen LogP contribution < -0.4 is 10.6 Å². The third-order valence-electron chi connectivity index (χ3n) is 3.45. The van der Waals surface area contributed by atoms with Crippen molar-refractivity contribution in [2.75, 3.05) is 26.3 Å². The molecular formula is C17H25FIN3O. The van der Waals surface area contributed by atoms with E-state index in [4.69, 9.17) is 4.74 Å². The number of halogens is 2. The highest BCUT2D eigenvalue weighted by atomic mass is 127. The summed E-state index contributed by atoms with van der Waals surface area (Å²) < 4.78 is 18.5. The monoisotopic (exact) mass is 433 g/mol. The first-order valence-electron chi connectivity index (χ1n) is 7.80. The summed E-state index contributed by atoms with van der Waals surface area (Å²) in [6.45, 7) is 5.67. The van der Waals surface area contributed by atoms with Gasteiger partial charge in [0.1, 0.15) is 5.82 Å². The summed E-state index contributed by atoms with van der Waals surface area (Å²) in [6.07, 6.45) is 4.16. The van der Waals surface area contributed by atoms with Crippen molar-refractivity contribution in [3.05, 3.63) is 47.3 Å². The van der Waals surface area contributed by atoms with E-state index in [-0.39, 0.29) is 29.8 Å². The van der Waals surface area contributed by atoms with Gasteiger partial charge in [-0.05, 0) is 37.5 Å². The molecule has 0 bridgehead atoms. The van der Waals surface area contributed by atoms with E-state index >= 15 is 0 Å². The van der Waals surface area contributed by atoms with Crippen LogP contribution in [0.3, 0.4) is 0 Å². The summed E-state index contributed by atoms with van der Waals surface area (Å²) in [5.74, 6) is 0.538. The van der Waals surface area contributed by atoms with E-state index in [9.17, 15) is 4.39 Å². The van der Waals surface area contributed by atoms with Crippen LogP contribution >= 0.6 is 24.0 Å². The lowest BCUT2D eigenvalue weighted by molar-refractivity contribution is 0.153. The Balaban J connectivity index is 0.00000264. The van der Waals surface area contributed by atoms with Crippen LogP contribution in [0.4, 0.5) is 4.39 Å². The Morgan fingerprint density at radius 3 is 2.91 bits per heavy atom. The van der Waals surface area contributed by atoms with E-state index in [0.29, 0.717) is 6.54 Å². The Morgan fingerprint density at radius 1 is 1.35 bits per heavy atom. The van der Waals surface area contributed by atoms with Crippen LogP contribution in [-0.4, -0.2) is 32.3 Å². The number of benzene rings is 1. The SMILES string of the molecule is CCNC(=NCc1cccc(F)c1)NCCC1=CCOCC1.I. The molecule has 0 aliphatic carbocycles. The second-order valence-electron chi connectivity index (χ2n) is 5.19. The summed E-state index contributed by atoms with van der Waals surface area (Å²) in [5.41, 5.74) is 2.30. The van der Waals surface area contributed by atoms with Crippen LogP contribution in [0.5, 0.6) is 0 Å². The fourth-order valence-corrected chi connectivity index (χ4v) is 2.28. The molecule has 0 atom stereocenters. The third kappa shape index (κ3) is 7.78. The molecule has 4 nitrogen and oxygen atoms in total. The fourth-order valence-electron chi connectivity index (χ4n) is 2.28. The maximum Gasteiger partial charge on any atom is 0.191 e. The van der Waals surface area contributed by atoms with Gasteiger partial charge in [0, 0.05) is 13.1 Å². The minimum Gasteiger partial charge on any atom is -0.377 e. The molecule has 1 aliphatic heterocycles. The summed E-state index contributed by atoms with van der Waals surface area (Å²) in [4.78, 5) is 4.49. The average molecular weight is 433 g/mol. The largest absolute Gasteiger partial charge is 0.377 e. The molecule has 23 heavy (non-hydrogen) atoms. The lowest BCUT2D eigenvalue weighted by Gasteiger charge is -2.15. The molecule has 2 rings (SSSR count). The molecule has 6 heteroatoms. The fraction of sp³-hybridized carbons (Fsp3) is 0.471. The van der Waals surface area contributed by atoms with Gasteiger partial charge in [0.25, 0.3) is 0 Å². The number of nitrogens with zero attached hydrogens (tertiary/aromatic N) is 1. The molecule has 1 heterocycles. The first kappa shape index (κ1) is 19.9. The van der Waals surface area contributed by atoms with E-state index in [1.807, 2.05) is 13.0 Å². The molecule has 0 saturated heterocycles. The highest BCUT2D eigenvalue weighted by Crippen LogP contribution is 2.10. The first-order valence-corrected chi connectivity index (χ1v) is 7.80. The van der Waals surface area contributed by atoms with Crippen molar-refractivity contribution < 1.29 is 9.13 Å². The second kappa shape index (κ2) is 11.4. The van der Waals surface area contributed by atoms with Gasteiger partial charge >= 0.3 is 0 Å². The molecule has 0 amide bonds. The molecule has 0 saturated carbocycles. The van der Waals surface area contributed by atoms with Gasteiger partial charge in [0.2, 0.25) is 0 Å². The Labute approximate surface area is 154 Å². The number of hydrogen-bond acceptors (Lipinski definition) is 2. The van der Waals surface area contributed by atoms with Crippen LogP contribution in [0.25, 0.3) is 0 Å². The average Bonchev–Trinajstić information content (AvgIpc) is 2.54. The molecule has 1 aliphatic rings. The van der Waals surface area contributed by atoms with E-state index in [2.05, 4.69) is 21.7 Å². The lowest BCUT2D eigenvalue weighted by atomic mass is 10.1. The molecule has 0 unspecified atom stereocenters. The summed E-state index contributed by atoms with van der Waals surface area (Å²) in [5, 5.41) is 6.52. The highest BCUT2D eigenvalue weighted by molar-refractivity contribution is 14.0. The predicted molar refractivity (Wildman–Crippen MR) is 103 cm³/mol. The van der Waals surface area contributed by atoms with E-state index < -0.39 is 0 Å². The number of guanidine groups is 1. The van der Waals surface area contributed by atoms with Crippen molar-refractivity contribution >= 4 is 29.9 Å². The van der Waals surface area contributed by atoms with Gasteiger partial charge in [-0.25, -0.2) is 9.38 Å². The normalized spacial score (nSPS) is 14.7. The zero-order chi connectivity index (χ0) is 15.6. The van der Waals surface area contributed by atoms with Gasteiger partial charge in [-0.2, -0.15) is 0 Å². The number of hydrogen-bond donors (Lipinski definition) is 2. The first-order chi connectivity index (χ1) is 10.8. The summed E-state index contributed by atoms with van der Waals surface area (Å²) in [6, 6.07) is 6.54. The molecule has 0 radical (unpaired) electrons. The Bertz CT molecular complexity index is 534. The maximum atomic E-state index is 13.2. The minimum atomic E-state index is -0.225. The molecule has 0 fully saturated rings. The van der Waals surface area contributed by atoms with Crippen molar-refractivity contribution in [2.24, 2.45) is 4.99 Å². The topological polar surface area (TPSA) is 45.7 Å². The van der Waals surface area contributed by atoms with Crippen LogP contribution in [0.2, 0.25) is 0 Å². The zero-order valence-corrected chi connectivity index (χ0v) is 15.8. The second-order valence-corrected chi connectivity index (χ2v) is 5.19. The Kier molecular flexibility index (Phi) is 9.86. The summed E-state index contributed by atoms with van der Waals surface area (Å²) >= 11 is 0. The van der Waals surface area contributed by atoms with Crippen LogP contribution in [0, 0.1) is 5.82 Å². The molecule has 0 aromatic heterocycles. The number of rotatable bonds is 6. The minimum absolute atomic E-state index is 0. The van der Waals surface area contributed by atoms with Crippen molar-refractivity contribution in [3.8, 4) is 0 Å². The van der Waals surface area contributed by atoms with Gasteiger partial charge in [0.15, 0.2) is 5.96 Å². The molecule has 128 valence electrons. The van der Waals surface area contributed by atoms with Crippen LogP contribution in [0.1, 0.15) is 25.3 Å². The number of nitrogens with one attached hydrogen (secondary N) is 2. The van der Waals surface area contributed by atoms with Crippen LogP contribution in [-0.2, 0) is 11.3 Å². The molecular weight excluding hydrogens is 408 g/mol. The van der Waals surface area contributed by atoms with Gasteiger partial charge < -0.3 is 15.4 Å². The number of aliphatic imine (C=N–C) groups is 1. The molecule has 1 aromatic rings. The standard InChI is InChI=1S/C17H24FN3O.HI/c1-2-19-17(20-9-6-14-7-10-22-11-8-14)21-13-15-4-3-5-16(18)12-15;/h3-5,7,12H,2,6,8-11,13H2,1H3,(H2,19,20,21);1H. The zero-order valence-electron chi connectivity index (χ0n) is 13.5. The smallest absolute Gasteiger partial charge is 0.191 e. The van der Waals surface area contributed by atoms with Crippen molar-refractivity contribution in [3.63, 3.8) is 0 Å². The van der Waals surface area contributed by atoms with E-state index in [1.54, 1.807) is 6.07 Å². The van der Waals surface area contributed by atoms with Gasteiger partial charge in [-0.15, -0.1) is 24.0 Å². The van der Waals surface area contributed by atoms with Gasteiger partial charge in [-0.3, -0.25) is 0 Å². The summed E-state index contributed by atoms with van der Waals surface area (Å²) in [7, 11) is 0. The molecule has 2 N–H and O–H groups in total. The number of ether oxygens (including phenoxy) is 1. The third-order valence-corrected chi connectivity index (χ3v) is 3.45. The van der Waals surface area contributed by atoms with Crippen LogP contribution in [0.15, 0.2) is 40.9 Å². The Morgan fingerprint density at radius 2 is 2.22 bits per heavy atom. The van der Waals surface area contributed by atoms with Gasteiger partial charge in [-0.1, -0.05) is 23.8 Å². The molecule has 0 spiro atoms. The van der Waals surface area contributed by atoms with Crippen molar-refractivity contribution in [2.45, 2.75) is 26.3 Å². The lowest BCUT2D eigenvalue weighted by Crippen LogP contribution is -2.38. The van der Waals surface area contributed by atoms with Crippen molar-refractivity contribution in [1.82, 2.24) is 10.6 Å². The van der Waals surface area contributed by atoms with E-state index in [0.717, 1.165) is 50.7 Å².